The summed E-state index contributed by atoms with van der Waals surface area (Å²) in [5, 5.41) is 5.71. The van der Waals surface area contributed by atoms with E-state index in [0.717, 1.165) is 35.3 Å². The molecule has 31 heavy (non-hydrogen) atoms. The largest absolute Gasteiger partial charge is 0.338 e. The molecule has 1 aliphatic rings. The summed E-state index contributed by atoms with van der Waals surface area (Å²) >= 11 is 0. The van der Waals surface area contributed by atoms with Gasteiger partial charge in [-0.25, -0.2) is 9.78 Å². The first-order chi connectivity index (χ1) is 15.0. The normalized spacial score (nSPS) is 13.0. The Morgan fingerprint density at radius 1 is 1.13 bits per heavy atom. The molecule has 0 atom stereocenters. The van der Waals surface area contributed by atoms with Gasteiger partial charge in [0.1, 0.15) is 6.54 Å². The number of imidazole rings is 1. The third-order valence-electron chi connectivity index (χ3n) is 5.20. The van der Waals surface area contributed by atoms with Gasteiger partial charge in [-0.3, -0.25) is 14.7 Å². The number of rotatable bonds is 7. The van der Waals surface area contributed by atoms with Crippen LogP contribution in [0.5, 0.6) is 0 Å². The van der Waals surface area contributed by atoms with E-state index in [0.29, 0.717) is 12.5 Å². The molecule has 0 bridgehead atoms. The number of hydrogen-bond acceptors (Lipinski definition) is 3. The highest BCUT2D eigenvalue weighted by atomic mass is 16.2. The van der Waals surface area contributed by atoms with Crippen molar-refractivity contribution in [2.75, 3.05) is 18.4 Å². The van der Waals surface area contributed by atoms with Crippen LogP contribution in [-0.4, -0.2) is 45.5 Å². The maximum atomic E-state index is 12.9. The molecule has 3 amide bonds. The SMILES string of the molecule is CCNC(=O)N(CC(=O)Nc1nc(-c2ccccc2)cn1-c1cccc(C)c1)C1CC1. The predicted octanol–water partition coefficient (Wildman–Crippen LogP) is 3.98. The molecule has 160 valence electrons. The van der Waals surface area contributed by atoms with Gasteiger partial charge in [-0.1, -0.05) is 42.5 Å². The molecular formula is C24H27N5O2. The Bertz CT molecular complexity index is 1070. The lowest BCUT2D eigenvalue weighted by Crippen LogP contribution is -2.45. The maximum Gasteiger partial charge on any atom is 0.318 e. The number of carbonyl (C=O) groups is 2. The zero-order chi connectivity index (χ0) is 21.8. The second-order valence-corrected chi connectivity index (χ2v) is 7.77. The summed E-state index contributed by atoms with van der Waals surface area (Å²) in [5.74, 6) is 0.165. The monoisotopic (exact) mass is 417 g/mol. The van der Waals surface area contributed by atoms with Crippen molar-refractivity contribution in [3.8, 4) is 16.9 Å². The maximum absolute atomic E-state index is 12.9. The van der Waals surface area contributed by atoms with Crippen LogP contribution in [-0.2, 0) is 4.79 Å². The van der Waals surface area contributed by atoms with Crippen LogP contribution in [0.4, 0.5) is 10.7 Å². The molecule has 0 aliphatic heterocycles. The first-order valence-corrected chi connectivity index (χ1v) is 10.6. The molecule has 1 aliphatic carbocycles. The highest BCUT2D eigenvalue weighted by Gasteiger charge is 2.33. The molecule has 0 radical (unpaired) electrons. The molecule has 3 aromatic rings. The molecule has 1 heterocycles. The van der Waals surface area contributed by atoms with E-state index in [2.05, 4.69) is 15.6 Å². The number of aryl methyl sites for hydroxylation is 1. The summed E-state index contributed by atoms with van der Waals surface area (Å²) in [6, 6.07) is 17.8. The fourth-order valence-corrected chi connectivity index (χ4v) is 3.52. The van der Waals surface area contributed by atoms with Crippen LogP contribution >= 0.6 is 0 Å². The fraction of sp³-hybridized carbons (Fsp3) is 0.292. The molecule has 0 unspecified atom stereocenters. The van der Waals surface area contributed by atoms with Gasteiger partial charge in [-0.15, -0.1) is 0 Å². The number of carbonyl (C=O) groups excluding carboxylic acids is 2. The topological polar surface area (TPSA) is 79.3 Å². The summed E-state index contributed by atoms with van der Waals surface area (Å²) < 4.78 is 1.88. The molecule has 0 spiro atoms. The Balaban J connectivity index is 1.61. The van der Waals surface area contributed by atoms with Crippen LogP contribution in [0.3, 0.4) is 0 Å². The summed E-state index contributed by atoms with van der Waals surface area (Å²) in [6.45, 7) is 4.42. The predicted molar refractivity (Wildman–Crippen MR) is 121 cm³/mol. The number of nitrogens with one attached hydrogen (secondary N) is 2. The van der Waals surface area contributed by atoms with Crippen molar-refractivity contribution in [3.05, 3.63) is 66.4 Å². The van der Waals surface area contributed by atoms with Gasteiger partial charge in [0.15, 0.2) is 0 Å². The van der Waals surface area contributed by atoms with Crippen LogP contribution in [0.2, 0.25) is 0 Å². The van der Waals surface area contributed by atoms with E-state index in [4.69, 9.17) is 0 Å². The molecule has 1 fully saturated rings. The number of benzene rings is 2. The van der Waals surface area contributed by atoms with Gasteiger partial charge < -0.3 is 10.2 Å². The molecule has 1 saturated carbocycles. The molecule has 1 aromatic heterocycles. The number of nitrogens with zero attached hydrogens (tertiary/aromatic N) is 3. The number of aromatic nitrogens is 2. The first kappa shape index (κ1) is 20.7. The Hall–Kier alpha value is -3.61. The lowest BCUT2D eigenvalue weighted by Gasteiger charge is -2.22. The molecule has 2 aromatic carbocycles. The summed E-state index contributed by atoms with van der Waals surface area (Å²) in [5.41, 5.74) is 3.75. The van der Waals surface area contributed by atoms with Crippen molar-refractivity contribution in [2.24, 2.45) is 0 Å². The summed E-state index contributed by atoms with van der Waals surface area (Å²) in [7, 11) is 0. The van der Waals surface area contributed by atoms with E-state index in [1.165, 1.54) is 0 Å². The van der Waals surface area contributed by atoms with Crippen LogP contribution in [0.25, 0.3) is 16.9 Å². The van der Waals surface area contributed by atoms with Crippen molar-refractivity contribution < 1.29 is 9.59 Å². The molecule has 7 nitrogen and oxygen atoms in total. The average molecular weight is 418 g/mol. The highest BCUT2D eigenvalue weighted by Crippen LogP contribution is 2.27. The Morgan fingerprint density at radius 2 is 1.90 bits per heavy atom. The standard InChI is InChI=1S/C24H27N5O2/c1-3-25-24(31)29(19-12-13-19)16-22(30)27-23-26-21(18-9-5-4-6-10-18)15-28(23)20-11-7-8-17(2)14-20/h4-11,14-15,19H,3,12-13,16H2,1-2H3,(H,25,31)(H,26,27,30). The van der Waals surface area contributed by atoms with Gasteiger partial charge in [-0.05, 0) is 44.4 Å². The van der Waals surface area contributed by atoms with Gasteiger partial charge in [-0.2, -0.15) is 0 Å². The van der Waals surface area contributed by atoms with Crippen LogP contribution < -0.4 is 10.6 Å². The second-order valence-electron chi connectivity index (χ2n) is 7.77. The zero-order valence-electron chi connectivity index (χ0n) is 17.8. The van der Waals surface area contributed by atoms with Crippen molar-refractivity contribution >= 4 is 17.9 Å². The first-order valence-electron chi connectivity index (χ1n) is 10.6. The quantitative estimate of drug-likeness (QED) is 0.610. The Labute approximate surface area is 182 Å². The van der Waals surface area contributed by atoms with Crippen molar-refractivity contribution in [1.82, 2.24) is 19.8 Å². The number of anilines is 1. The third-order valence-corrected chi connectivity index (χ3v) is 5.20. The smallest absolute Gasteiger partial charge is 0.318 e. The van der Waals surface area contributed by atoms with Gasteiger partial charge in [0.25, 0.3) is 0 Å². The van der Waals surface area contributed by atoms with E-state index in [1.54, 1.807) is 4.90 Å². The van der Waals surface area contributed by atoms with E-state index in [1.807, 2.05) is 79.2 Å². The number of urea groups is 1. The van der Waals surface area contributed by atoms with Crippen LogP contribution in [0, 0.1) is 6.92 Å². The number of hydrogen-bond donors (Lipinski definition) is 2. The zero-order valence-corrected chi connectivity index (χ0v) is 17.8. The van der Waals surface area contributed by atoms with Gasteiger partial charge in [0, 0.05) is 30.0 Å². The lowest BCUT2D eigenvalue weighted by atomic mass is 10.2. The summed E-state index contributed by atoms with van der Waals surface area (Å²) in [4.78, 5) is 31.5. The van der Waals surface area contributed by atoms with E-state index in [9.17, 15) is 9.59 Å². The van der Waals surface area contributed by atoms with Crippen LogP contribution in [0.15, 0.2) is 60.8 Å². The Kier molecular flexibility index (Phi) is 6.02. The number of amides is 3. The average Bonchev–Trinajstić information content (AvgIpc) is 3.52. The van der Waals surface area contributed by atoms with Crippen LogP contribution in [0.1, 0.15) is 25.3 Å². The Morgan fingerprint density at radius 3 is 2.58 bits per heavy atom. The van der Waals surface area contributed by atoms with Gasteiger partial charge in [0.2, 0.25) is 11.9 Å². The van der Waals surface area contributed by atoms with E-state index < -0.39 is 0 Å². The van der Waals surface area contributed by atoms with Gasteiger partial charge in [0.05, 0.1) is 5.69 Å². The molecule has 4 rings (SSSR count). The van der Waals surface area contributed by atoms with Crippen molar-refractivity contribution in [1.29, 1.82) is 0 Å². The molecule has 2 N–H and O–H groups in total. The third kappa shape index (κ3) is 4.94. The van der Waals surface area contributed by atoms with E-state index in [-0.39, 0.29) is 24.5 Å². The van der Waals surface area contributed by atoms with Gasteiger partial charge >= 0.3 is 6.03 Å². The minimum Gasteiger partial charge on any atom is -0.338 e. The van der Waals surface area contributed by atoms with Crippen molar-refractivity contribution in [2.45, 2.75) is 32.7 Å². The minimum absolute atomic E-state index is 0.00214. The fourth-order valence-electron chi connectivity index (χ4n) is 3.52. The van der Waals surface area contributed by atoms with E-state index >= 15 is 0 Å². The second kappa shape index (κ2) is 9.04. The molecular weight excluding hydrogens is 390 g/mol. The lowest BCUT2D eigenvalue weighted by molar-refractivity contribution is -0.116. The summed E-state index contributed by atoms with van der Waals surface area (Å²) in [6.07, 6.45) is 3.78. The highest BCUT2D eigenvalue weighted by molar-refractivity contribution is 5.93. The minimum atomic E-state index is -0.266. The van der Waals surface area contributed by atoms with Crippen molar-refractivity contribution in [3.63, 3.8) is 0 Å². The molecule has 7 heteroatoms. The molecule has 0 saturated heterocycles.